The lowest BCUT2D eigenvalue weighted by Gasteiger charge is -2.29. The summed E-state index contributed by atoms with van der Waals surface area (Å²) in [5.41, 5.74) is -1.22. The van der Waals surface area contributed by atoms with Crippen LogP contribution in [0.3, 0.4) is 0 Å². The van der Waals surface area contributed by atoms with E-state index in [1.807, 2.05) is 12.2 Å². The maximum Gasteiger partial charge on any atom is 0.408 e. The Morgan fingerprint density at radius 2 is 1.86 bits per heavy atom. The molecule has 4 aliphatic rings. The maximum absolute atomic E-state index is 14.0. The number of nitrogens with zero attached hydrogens (tertiary/aromatic N) is 2. The van der Waals surface area contributed by atoms with Crippen molar-refractivity contribution in [2.24, 2.45) is 11.1 Å². The lowest BCUT2D eigenvalue weighted by atomic mass is 10.0. The molecule has 1 aromatic carbocycles. The Kier molecular flexibility index (Phi) is 9.62. The predicted octanol–water partition coefficient (Wildman–Crippen LogP) is 3.66. The van der Waals surface area contributed by atoms with Gasteiger partial charge >= 0.3 is 12.1 Å². The minimum absolute atomic E-state index is 0.0230. The van der Waals surface area contributed by atoms with Crippen LogP contribution in [0.2, 0.25) is 0 Å². The number of halogens is 1. The van der Waals surface area contributed by atoms with Crippen molar-refractivity contribution in [3.63, 3.8) is 0 Å². The van der Waals surface area contributed by atoms with Crippen LogP contribution in [0.5, 0.6) is 0 Å². The van der Waals surface area contributed by atoms with E-state index in [1.54, 1.807) is 12.1 Å². The molecule has 2 aliphatic carbocycles. The molecule has 2 heterocycles. The number of nitrogens with one attached hydrogen (secondary N) is 2. The Morgan fingerprint density at radius 3 is 2.63 bits per heavy atom. The molecule has 2 aliphatic heterocycles. The van der Waals surface area contributed by atoms with Crippen LogP contribution in [0.4, 0.5) is 9.18 Å². The third-order valence-corrected chi connectivity index (χ3v) is 8.80. The summed E-state index contributed by atoms with van der Waals surface area (Å²) in [5.74, 6) is -3.04. The predicted molar refractivity (Wildman–Crippen MR) is 153 cm³/mol. The van der Waals surface area contributed by atoms with Crippen molar-refractivity contribution < 1.29 is 38.2 Å². The Bertz CT molecular complexity index is 1270. The fourth-order valence-corrected chi connectivity index (χ4v) is 6.22. The number of alkyl carbamates (subject to hydrolysis) is 1. The number of aliphatic carboxylic acids is 1. The first-order valence-corrected chi connectivity index (χ1v) is 15.2. The van der Waals surface area contributed by atoms with E-state index < -0.39 is 53.4 Å². The molecule has 5 atom stereocenters. The standard InChI is InChI=1S/C31H39FN4O7/c32-24-14-9-6-10-20(24)18-33-43-23-16-26-27(37)35-31(29(39)40)17-21(31)11-4-2-1-3-5-15-25(28(38)36(26)19-23)34-30(41)42-22-12-7-8-13-22/h4,6,9-11,14,18,21-23,25-26H,1-3,5,7-8,12-13,15-17,19H2,(H,34,41)(H,35,37)(H,39,40)/b11-4-,33-18+/t21-,23-,25+,26+,31+/m1/s1. The molecule has 0 spiro atoms. The number of ether oxygens (including phenoxy) is 1. The van der Waals surface area contributed by atoms with Crippen LogP contribution in [0.15, 0.2) is 41.6 Å². The Morgan fingerprint density at radius 1 is 1.09 bits per heavy atom. The van der Waals surface area contributed by atoms with Crippen LogP contribution in [-0.2, 0) is 24.0 Å². The number of carboxylic acids is 1. The van der Waals surface area contributed by atoms with E-state index in [9.17, 15) is 28.7 Å². The molecule has 3 fully saturated rings. The highest BCUT2D eigenvalue weighted by molar-refractivity contribution is 5.96. The molecule has 232 valence electrons. The van der Waals surface area contributed by atoms with Crippen LogP contribution in [0.25, 0.3) is 0 Å². The Balaban J connectivity index is 1.36. The van der Waals surface area contributed by atoms with Crippen molar-refractivity contribution in [3.8, 4) is 0 Å². The van der Waals surface area contributed by atoms with Crippen molar-refractivity contribution in [1.82, 2.24) is 15.5 Å². The van der Waals surface area contributed by atoms with E-state index >= 15 is 0 Å². The van der Waals surface area contributed by atoms with E-state index in [2.05, 4.69) is 15.8 Å². The summed E-state index contributed by atoms with van der Waals surface area (Å²) in [5, 5.41) is 19.3. The monoisotopic (exact) mass is 598 g/mol. The van der Waals surface area contributed by atoms with Gasteiger partial charge in [-0.2, -0.15) is 0 Å². The van der Waals surface area contributed by atoms with Crippen molar-refractivity contribution in [3.05, 3.63) is 47.8 Å². The van der Waals surface area contributed by atoms with E-state index in [4.69, 9.17) is 9.57 Å². The number of allylic oxidation sites excluding steroid dienone is 1. The van der Waals surface area contributed by atoms with Crippen molar-refractivity contribution >= 4 is 30.1 Å². The number of rotatable bonds is 6. The summed E-state index contributed by atoms with van der Waals surface area (Å²) in [4.78, 5) is 59.6. The van der Waals surface area contributed by atoms with Gasteiger partial charge < -0.3 is 30.2 Å². The number of fused-ring (bicyclic) bond motifs is 2. The summed E-state index contributed by atoms with van der Waals surface area (Å²) in [6, 6.07) is 4.04. The third-order valence-electron chi connectivity index (χ3n) is 8.80. The zero-order valence-electron chi connectivity index (χ0n) is 24.1. The Hall–Kier alpha value is -3.96. The van der Waals surface area contributed by atoms with Gasteiger partial charge in [-0.3, -0.25) is 9.59 Å². The molecule has 5 rings (SSSR count). The SMILES string of the molecule is O=C(N[C@H]1CCCCC/C=C\[C@@H]2C[C@]2(C(=O)O)NC(=O)[C@@H]2C[C@@H](O/N=C/c3ccccc3F)CN2C1=O)OC1CCCC1. The molecule has 0 radical (unpaired) electrons. The topological polar surface area (TPSA) is 147 Å². The second kappa shape index (κ2) is 13.6. The largest absolute Gasteiger partial charge is 0.479 e. The number of carbonyl (C=O) groups excluding carboxylic acids is 3. The van der Waals surface area contributed by atoms with Gasteiger partial charge in [-0.15, -0.1) is 0 Å². The van der Waals surface area contributed by atoms with Crippen LogP contribution in [0.1, 0.15) is 76.2 Å². The molecular weight excluding hydrogens is 559 g/mol. The van der Waals surface area contributed by atoms with E-state index in [0.29, 0.717) is 12.8 Å². The number of amides is 3. The molecule has 43 heavy (non-hydrogen) atoms. The molecule has 11 nitrogen and oxygen atoms in total. The average molecular weight is 599 g/mol. The maximum atomic E-state index is 14.0. The number of hydrogen-bond acceptors (Lipinski definition) is 7. The van der Waals surface area contributed by atoms with Crippen LogP contribution in [0, 0.1) is 11.7 Å². The summed E-state index contributed by atoms with van der Waals surface area (Å²) >= 11 is 0. The first kappa shape index (κ1) is 30.5. The Labute approximate surface area is 249 Å². The van der Waals surface area contributed by atoms with Crippen molar-refractivity contribution in [2.75, 3.05) is 6.54 Å². The number of carboxylic acid groups (broad SMARTS) is 1. The number of oxime groups is 1. The van der Waals surface area contributed by atoms with Gasteiger partial charge in [0.1, 0.15) is 35.6 Å². The zero-order valence-corrected chi connectivity index (χ0v) is 24.1. The van der Waals surface area contributed by atoms with Gasteiger partial charge in [-0.1, -0.05) is 48.3 Å². The molecule has 0 aromatic heterocycles. The molecule has 2 saturated carbocycles. The fraction of sp³-hybridized carbons (Fsp3) is 0.581. The van der Waals surface area contributed by atoms with Gasteiger partial charge in [0.2, 0.25) is 11.8 Å². The van der Waals surface area contributed by atoms with Gasteiger partial charge in [0, 0.05) is 17.9 Å². The number of hydrogen-bond donors (Lipinski definition) is 3. The minimum Gasteiger partial charge on any atom is -0.479 e. The van der Waals surface area contributed by atoms with Crippen molar-refractivity contribution in [2.45, 2.75) is 100 Å². The van der Waals surface area contributed by atoms with Crippen LogP contribution < -0.4 is 10.6 Å². The molecule has 12 heteroatoms. The van der Waals surface area contributed by atoms with E-state index in [0.717, 1.165) is 44.9 Å². The third kappa shape index (κ3) is 7.34. The lowest BCUT2D eigenvalue weighted by molar-refractivity contribution is -0.145. The summed E-state index contributed by atoms with van der Waals surface area (Å²) in [7, 11) is 0. The smallest absolute Gasteiger partial charge is 0.408 e. The van der Waals surface area contributed by atoms with Gasteiger partial charge in [0.15, 0.2) is 0 Å². The van der Waals surface area contributed by atoms with Gasteiger partial charge in [-0.05, 0) is 57.4 Å². The average Bonchev–Trinajstić information content (AvgIpc) is 3.27. The lowest BCUT2D eigenvalue weighted by Crippen LogP contribution is -2.56. The van der Waals surface area contributed by atoms with E-state index in [-0.39, 0.29) is 37.0 Å². The van der Waals surface area contributed by atoms with Gasteiger partial charge in [-0.25, -0.2) is 14.0 Å². The summed E-state index contributed by atoms with van der Waals surface area (Å²) in [6.07, 6.45) is 10.7. The minimum atomic E-state index is -1.44. The molecular formula is C31H39FN4O7. The normalized spacial score (nSPS) is 30.9. The summed E-state index contributed by atoms with van der Waals surface area (Å²) < 4.78 is 19.6. The second-order valence-corrected chi connectivity index (χ2v) is 11.9. The molecule has 0 bridgehead atoms. The van der Waals surface area contributed by atoms with Crippen molar-refractivity contribution in [1.29, 1.82) is 0 Å². The highest BCUT2D eigenvalue weighted by Crippen LogP contribution is 2.45. The molecule has 3 N–H and O–H groups in total. The highest BCUT2D eigenvalue weighted by atomic mass is 19.1. The van der Waals surface area contributed by atoms with Gasteiger partial charge in [0.05, 0.1) is 12.8 Å². The molecule has 1 saturated heterocycles. The first-order valence-electron chi connectivity index (χ1n) is 15.2. The summed E-state index contributed by atoms with van der Waals surface area (Å²) in [6.45, 7) is -0.0230. The zero-order chi connectivity index (χ0) is 30.4. The molecule has 0 unspecified atom stereocenters. The van der Waals surface area contributed by atoms with Crippen LogP contribution in [-0.4, -0.2) is 76.5 Å². The van der Waals surface area contributed by atoms with E-state index in [1.165, 1.54) is 23.2 Å². The highest BCUT2D eigenvalue weighted by Gasteiger charge is 2.61. The van der Waals surface area contributed by atoms with Crippen LogP contribution >= 0.6 is 0 Å². The van der Waals surface area contributed by atoms with Gasteiger partial charge in [0.25, 0.3) is 0 Å². The second-order valence-electron chi connectivity index (χ2n) is 11.9. The first-order chi connectivity index (χ1) is 20.8. The fourth-order valence-electron chi connectivity index (χ4n) is 6.22. The quantitative estimate of drug-likeness (QED) is 0.257. The molecule has 3 amide bonds. The molecule has 1 aromatic rings. The number of benzene rings is 1. The number of carbonyl (C=O) groups is 4.